The van der Waals surface area contributed by atoms with Crippen molar-refractivity contribution < 1.29 is 4.79 Å². The minimum Gasteiger partial charge on any atom is -0.332 e. The Hall–Kier alpha value is -1.92. The lowest BCUT2D eigenvalue weighted by Crippen LogP contribution is -2.28. The zero-order chi connectivity index (χ0) is 15.2. The molecule has 1 atom stereocenters. The van der Waals surface area contributed by atoms with E-state index in [0.717, 1.165) is 16.4 Å². The Morgan fingerprint density at radius 1 is 1.33 bits per heavy atom. The summed E-state index contributed by atoms with van der Waals surface area (Å²) >= 11 is 1.58. The average Bonchev–Trinajstić information content (AvgIpc) is 2.91. The van der Waals surface area contributed by atoms with Crippen molar-refractivity contribution in [1.29, 1.82) is 0 Å². The molecule has 0 aliphatic heterocycles. The van der Waals surface area contributed by atoms with Crippen molar-refractivity contribution in [3.63, 3.8) is 0 Å². The van der Waals surface area contributed by atoms with Gasteiger partial charge in [-0.2, -0.15) is 0 Å². The molecule has 2 rings (SSSR count). The Bertz CT molecular complexity index is 594. The summed E-state index contributed by atoms with van der Waals surface area (Å²) in [5, 5.41) is 11.7. The van der Waals surface area contributed by atoms with Gasteiger partial charge in [-0.25, -0.2) is 9.78 Å². The third-order valence-corrected chi connectivity index (χ3v) is 4.02. The van der Waals surface area contributed by atoms with Gasteiger partial charge in [0.25, 0.3) is 0 Å². The van der Waals surface area contributed by atoms with Crippen molar-refractivity contribution in [2.45, 2.75) is 26.4 Å². The molecule has 1 aromatic carbocycles. The molecule has 2 amide bonds. The number of anilines is 1. The van der Waals surface area contributed by atoms with Crippen LogP contribution in [0.15, 0.2) is 29.6 Å². The number of thiazole rings is 1. The number of aryl methyl sites for hydroxylation is 1. The molecule has 2 aromatic rings. The van der Waals surface area contributed by atoms with Gasteiger partial charge in [-0.05, 0) is 38.6 Å². The fraction of sp³-hybridized carbons (Fsp3) is 0.333. The third kappa shape index (κ3) is 4.54. The predicted octanol–water partition coefficient (Wildman–Crippen LogP) is 3.05. The normalized spacial score (nSPS) is 12.0. The molecule has 0 aliphatic rings. The molecule has 0 saturated carbocycles. The molecule has 0 bridgehead atoms. The van der Waals surface area contributed by atoms with E-state index in [0.29, 0.717) is 12.6 Å². The molecule has 3 N–H and O–H groups in total. The molecule has 1 unspecified atom stereocenters. The average molecular weight is 304 g/mol. The second-order valence-electron chi connectivity index (χ2n) is 4.80. The highest BCUT2D eigenvalue weighted by molar-refractivity contribution is 7.09. The van der Waals surface area contributed by atoms with E-state index in [9.17, 15) is 4.79 Å². The number of hydrogen-bond acceptors (Lipinski definition) is 4. The van der Waals surface area contributed by atoms with Gasteiger partial charge >= 0.3 is 6.03 Å². The van der Waals surface area contributed by atoms with Crippen LogP contribution in [0.5, 0.6) is 0 Å². The maximum Gasteiger partial charge on any atom is 0.319 e. The summed E-state index contributed by atoms with van der Waals surface area (Å²) in [6, 6.07) is 7.86. The topological polar surface area (TPSA) is 66.0 Å². The van der Waals surface area contributed by atoms with Crippen LogP contribution in [0, 0.1) is 6.92 Å². The number of amides is 2. The summed E-state index contributed by atoms with van der Waals surface area (Å²) in [7, 11) is 1.92. The summed E-state index contributed by atoms with van der Waals surface area (Å²) in [4.78, 5) is 16.1. The molecule has 1 heterocycles. The molecule has 6 heteroatoms. The molecule has 0 aliphatic carbocycles. The first-order chi connectivity index (χ1) is 10.1. The fourth-order valence-electron chi connectivity index (χ4n) is 1.86. The number of carbonyl (C=O) groups is 1. The fourth-order valence-corrected chi connectivity index (χ4v) is 2.47. The van der Waals surface area contributed by atoms with Crippen LogP contribution < -0.4 is 16.0 Å². The van der Waals surface area contributed by atoms with E-state index in [4.69, 9.17) is 0 Å². The highest BCUT2D eigenvalue weighted by atomic mass is 32.1. The van der Waals surface area contributed by atoms with Crippen LogP contribution in [-0.2, 0) is 6.54 Å². The van der Waals surface area contributed by atoms with Crippen molar-refractivity contribution in [3.8, 4) is 0 Å². The highest BCUT2D eigenvalue weighted by Gasteiger charge is 2.05. The van der Waals surface area contributed by atoms with E-state index in [-0.39, 0.29) is 6.03 Å². The summed E-state index contributed by atoms with van der Waals surface area (Å²) in [6.45, 7) is 4.47. The van der Waals surface area contributed by atoms with Gasteiger partial charge in [0.15, 0.2) is 0 Å². The molecular weight excluding hydrogens is 284 g/mol. The van der Waals surface area contributed by atoms with E-state index in [1.165, 1.54) is 5.56 Å². The Balaban J connectivity index is 1.84. The number of rotatable bonds is 5. The monoisotopic (exact) mass is 304 g/mol. The van der Waals surface area contributed by atoms with Crippen molar-refractivity contribution in [2.75, 3.05) is 12.4 Å². The second kappa shape index (κ2) is 7.19. The van der Waals surface area contributed by atoms with E-state index in [1.807, 2.05) is 43.6 Å². The molecule has 112 valence electrons. The molecule has 1 aromatic heterocycles. The van der Waals surface area contributed by atoms with Crippen molar-refractivity contribution in [1.82, 2.24) is 15.6 Å². The summed E-state index contributed by atoms with van der Waals surface area (Å²) in [6.07, 6.45) is 0. The quantitative estimate of drug-likeness (QED) is 0.795. The Morgan fingerprint density at radius 3 is 2.62 bits per heavy atom. The van der Waals surface area contributed by atoms with Gasteiger partial charge in [-0.1, -0.05) is 12.1 Å². The van der Waals surface area contributed by atoms with Gasteiger partial charge in [0.05, 0.1) is 17.2 Å². The van der Waals surface area contributed by atoms with Crippen LogP contribution in [0.2, 0.25) is 0 Å². The zero-order valence-electron chi connectivity index (χ0n) is 12.4. The van der Waals surface area contributed by atoms with Gasteiger partial charge in [0, 0.05) is 17.1 Å². The lowest BCUT2D eigenvalue weighted by atomic mass is 10.1. The molecule has 21 heavy (non-hydrogen) atoms. The standard InChI is InChI=1S/C15H20N4OS/c1-10(16-3)12-4-6-13(7-5-12)19-15(20)17-8-14-9-21-11(2)18-14/h4-7,9-10,16H,8H2,1-3H3,(H2,17,19,20). The van der Waals surface area contributed by atoms with E-state index < -0.39 is 0 Å². The molecule has 0 spiro atoms. The minimum absolute atomic E-state index is 0.227. The Morgan fingerprint density at radius 2 is 2.05 bits per heavy atom. The predicted molar refractivity (Wildman–Crippen MR) is 86.6 cm³/mol. The van der Waals surface area contributed by atoms with Gasteiger partial charge in [-0.3, -0.25) is 0 Å². The summed E-state index contributed by atoms with van der Waals surface area (Å²) < 4.78 is 0. The van der Waals surface area contributed by atoms with Crippen LogP contribution in [0.4, 0.5) is 10.5 Å². The first kappa shape index (κ1) is 15.5. The van der Waals surface area contributed by atoms with Crippen LogP contribution in [0.3, 0.4) is 0 Å². The zero-order valence-corrected chi connectivity index (χ0v) is 13.3. The van der Waals surface area contributed by atoms with Crippen molar-refractivity contribution in [3.05, 3.63) is 45.9 Å². The maximum atomic E-state index is 11.8. The molecule has 0 fully saturated rings. The number of carbonyl (C=O) groups excluding carboxylic acids is 1. The number of urea groups is 1. The second-order valence-corrected chi connectivity index (χ2v) is 5.86. The van der Waals surface area contributed by atoms with Crippen molar-refractivity contribution in [2.24, 2.45) is 0 Å². The first-order valence-corrected chi connectivity index (χ1v) is 7.69. The Labute approximate surface area is 128 Å². The van der Waals surface area contributed by atoms with Gasteiger partial charge < -0.3 is 16.0 Å². The summed E-state index contributed by atoms with van der Waals surface area (Å²) in [5.41, 5.74) is 2.83. The number of hydrogen-bond donors (Lipinski definition) is 3. The van der Waals surface area contributed by atoms with Gasteiger partial charge in [-0.15, -0.1) is 11.3 Å². The van der Waals surface area contributed by atoms with Crippen LogP contribution in [-0.4, -0.2) is 18.1 Å². The van der Waals surface area contributed by atoms with Crippen LogP contribution >= 0.6 is 11.3 Å². The lowest BCUT2D eigenvalue weighted by molar-refractivity contribution is 0.251. The number of nitrogens with zero attached hydrogens (tertiary/aromatic N) is 1. The van der Waals surface area contributed by atoms with Crippen LogP contribution in [0.1, 0.15) is 29.2 Å². The van der Waals surface area contributed by atoms with Crippen molar-refractivity contribution >= 4 is 23.1 Å². The molecular formula is C15H20N4OS. The van der Waals surface area contributed by atoms with E-state index in [2.05, 4.69) is 27.9 Å². The SMILES string of the molecule is CNC(C)c1ccc(NC(=O)NCc2csc(C)n2)cc1. The largest absolute Gasteiger partial charge is 0.332 e. The third-order valence-electron chi connectivity index (χ3n) is 3.20. The Kier molecular flexibility index (Phi) is 5.30. The van der Waals surface area contributed by atoms with E-state index in [1.54, 1.807) is 11.3 Å². The van der Waals surface area contributed by atoms with E-state index >= 15 is 0 Å². The van der Waals surface area contributed by atoms with Crippen LogP contribution in [0.25, 0.3) is 0 Å². The lowest BCUT2D eigenvalue weighted by Gasteiger charge is -2.12. The maximum absolute atomic E-state index is 11.8. The molecule has 0 radical (unpaired) electrons. The highest BCUT2D eigenvalue weighted by Crippen LogP contribution is 2.15. The van der Waals surface area contributed by atoms with Gasteiger partial charge in [0.1, 0.15) is 0 Å². The molecule has 5 nitrogen and oxygen atoms in total. The smallest absolute Gasteiger partial charge is 0.319 e. The minimum atomic E-state index is -0.227. The summed E-state index contributed by atoms with van der Waals surface area (Å²) in [5.74, 6) is 0. The first-order valence-electron chi connectivity index (χ1n) is 6.81. The molecule has 0 saturated heterocycles. The van der Waals surface area contributed by atoms with Gasteiger partial charge in [0.2, 0.25) is 0 Å². The number of nitrogens with one attached hydrogen (secondary N) is 3. The number of aromatic nitrogens is 1. The number of benzene rings is 1.